The summed E-state index contributed by atoms with van der Waals surface area (Å²) in [5.41, 5.74) is 0.438. The smallest absolute Gasteiger partial charge is 0.0327 e. The van der Waals surface area contributed by atoms with Gasteiger partial charge in [0.15, 0.2) is 0 Å². The molecule has 2 heteroatoms. The van der Waals surface area contributed by atoms with E-state index in [-0.39, 0.29) is 0 Å². The zero-order valence-electron chi connectivity index (χ0n) is 11.0. The summed E-state index contributed by atoms with van der Waals surface area (Å²) in [6.45, 7) is 6.86. The van der Waals surface area contributed by atoms with Crippen molar-refractivity contribution < 1.29 is 0 Å². The number of hydrogen-bond acceptors (Lipinski definition) is 2. The molecule has 0 atom stereocenters. The minimum atomic E-state index is 0.438. The molecule has 0 aromatic heterocycles. The van der Waals surface area contributed by atoms with Crippen molar-refractivity contribution in [1.82, 2.24) is 10.2 Å². The average Bonchev–Trinajstić information content (AvgIpc) is 2.18. The third-order valence-electron chi connectivity index (χ3n) is 3.74. The van der Waals surface area contributed by atoms with E-state index in [1.54, 1.807) is 0 Å². The number of likely N-dealkylation sites (N-methyl/N-ethyl adjacent to an activating group) is 1. The maximum Gasteiger partial charge on any atom is 0.0327 e. The van der Waals surface area contributed by atoms with Crippen LogP contribution in [0.2, 0.25) is 0 Å². The van der Waals surface area contributed by atoms with Crippen LogP contribution in [-0.2, 0) is 0 Å². The number of rotatable bonds is 5. The molecule has 1 aliphatic rings. The van der Waals surface area contributed by atoms with Crippen LogP contribution >= 0.6 is 0 Å². The van der Waals surface area contributed by atoms with Crippen LogP contribution in [0.4, 0.5) is 0 Å². The summed E-state index contributed by atoms with van der Waals surface area (Å²) in [6.07, 6.45) is 6.97. The van der Waals surface area contributed by atoms with Gasteiger partial charge < -0.3 is 10.2 Å². The van der Waals surface area contributed by atoms with Crippen molar-refractivity contribution in [2.45, 2.75) is 51.5 Å². The molecule has 15 heavy (non-hydrogen) atoms. The molecule has 1 N–H and O–H groups in total. The van der Waals surface area contributed by atoms with Gasteiger partial charge in [0.1, 0.15) is 0 Å². The van der Waals surface area contributed by atoms with Gasteiger partial charge in [0.2, 0.25) is 0 Å². The summed E-state index contributed by atoms with van der Waals surface area (Å²) >= 11 is 0. The Morgan fingerprint density at radius 1 is 1.13 bits per heavy atom. The van der Waals surface area contributed by atoms with Gasteiger partial charge in [-0.1, -0.05) is 33.1 Å². The Bertz CT molecular complexity index is 169. The minimum absolute atomic E-state index is 0.438. The van der Waals surface area contributed by atoms with Crippen molar-refractivity contribution in [3.8, 4) is 0 Å². The largest absolute Gasteiger partial charge is 0.315 e. The van der Waals surface area contributed by atoms with Crippen LogP contribution in [0.3, 0.4) is 0 Å². The topological polar surface area (TPSA) is 15.3 Å². The predicted molar refractivity (Wildman–Crippen MR) is 67.2 cm³/mol. The lowest BCUT2D eigenvalue weighted by molar-refractivity contribution is 0.0980. The molecule has 0 bridgehead atoms. The van der Waals surface area contributed by atoms with Crippen molar-refractivity contribution in [2.24, 2.45) is 5.92 Å². The van der Waals surface area contributed by atoms with Crippen molar-refractivity contribution in [1.29, 1.82) is 0 Å². The Hall–Kier alpha value is -0.0800. The van der Waals surface area contributed by atoms with Crippen LogP contribution in [0, 0.1) is 5.92 Å². The summed E-state index contributed by atoms with van der Waals surface area (Å²) in [6, 6.07) is 0. The molecule has 0 aliphatic heterocycles. The van der Waals surface area contributed by atoms with Gasteiger partial charge in [-0.3, -0.25) is 0 Å². The summed E-state index contributed by atoms with van der Waals surface area (Å²) in [5, 5.41) is 3.64. The summed E-state index contributed by atoms with van der Waals surface area (Å²) in [7, 11) is 4.48. The zero-order chi connectivity index (χ0) is 11.3. The molecule has 0 saturated heterocycles. The molecule has 0 amide bonds. The quantitative estimate of drug-likeness (QED) is 0.753. The van der Waals surface area contributed by atoms with Crippen LogP contribution in [0.25, 0.3) is 0 Å². The van der Waals surface area contributed by atoms with Gasteiger partial charge in [-0.25, -0.2) is 0 Å². The van der Waals surface area contributed by atoms with Gasteiger partial charge in [-0.2, -0.15) is 0 Å². The Labute approximate surface area is 95.4 Å². The van der Waals surface area contributed by atoms with Crippen LogP contribution in [-0.4, -0.2) is 37.6 Å². The van der Waals surface area contributed by atoms with Crippen LogP contribution in [0.1, 0.15) is 46.0 Å². The van der Waals surface area contributed by atoms with Crippen molar-refractivity contribution in [3.63, 3.8) is 0 Å². The molecule has 0 unspecified atom stereocenters. The molecule has 0 aromatic rings. The first-order chi connectivity index (χ1) is 7.07. The van der Waals surface area contributed by atoms with E-state index in [2.05, 4.69) is 38.2 Å². The molecule has 1 fully saturated rings. The van der Waals surface area contributed by atoms with E-state index >= 15 is 0 Å². The highest BCUT2D eigenvalue weighted by molar-refractivity contribution is 4.92. The Balaban J connectivity index is 2.42. The van der Waals surface area contributed by atoms with E-state index in [1.165, 1.54) is 32.1 Å². The van der Waals surface area contributed by atoms with Crippen LogP contribution < -0.4 is 5.32 Å². The van der Waals surface area contributed by atoms with E-state index in [1.807, 2.05) is 0 Å². The lowest BCUT2D eigenvalue weighted by atomic mass is 9.80. The van der Waals surface area contributed by atoms with Crippen LogP contribution in [0.5, 0.6) is 0 Å². The fourth-order valence-corrected chi connectivity index (χ4v) is 2.59. The second-order valence-corrected chi connectivity index (χ2v) is 5.70. The highest BCUT2D eigenvalue weighted by Gasteiger charge is 2.33. The standard InChI is InChI=1S/C13H28N2/c1-12(2)10-14-11-13(15(3)4)8-6-5-7-9-13/h12,14H,5-11H2,1-4H3. The highest BCUT2D eigenvalue weighted by atomic mass is 15.2. The van der Waals surface area contributed by atoms with E-state index in [9.17, 15) is 0 Å². The van der Waals surface area contributed by atoms with Crippen molar-refractivity contribution in [2.75, 3.05) is 27.2 Å². The molecule has 0 aromatic carbocycles. The third-order valence-corrected chi connectivity index (χ3v) is 3.74. The maximum atomic E-state index is 3.64. The molecular formula is C13H28N2. The van der Waals surface area contributed by atoms with Gasteiger partial charge >= 0.3 is 0 Å². The molecule has 0 radical (unpaired) electrons. The van der Waals surface area contributed by atoms with Gasteiger partial charge in [-0.15, -0.1) is 0 Å². The second-order valence-electron chi connectivity index (χ2n) is 5.70. The normalized spacial score (nSPS) is 21.2. The maximum absolute atomic E-state index is 3.64. The van der Waals surface area contributed by atoms with Crippen molar-refractivity contribution in [3.05, 3.63) is 0 Å². The van der Waals surface area contributed by atoms with Crippen LogP contribution in [0.15, 0.2) is 0 Å². The fraction of sp³-hybridized carbons (Fsp3) is 1.00. The van der Waals surface area contributed by atoms with Gasteiger partial charge in [0, 0.05) is 12.1 Å². The average molecular weight is 212 g/mol. The Morgan fingerprint density at radius 2 is 1.73 bits per heavy atom. The summed E-state index contributed by atoms with van der Waals surface area (Å²) < 4.78 is 0. The lowest BCUT2D eigenvalue weighted by Crippen LogP contribution is -2.53. The molecule has 90 valence electrons. The highest BCUT2D eigenvalue weighted by Crippen LogP contribution is 2.31. The molecular weight excluding hydrogens is 184 g/mol. The first-order valence-corrected chi connectivity index (χ1v) is 6.45. The third kappa shape index (κ3) is 3.76. The van der Waals surface area contributed by atoms with Gasteiger partial charge in [0.05, 0.1) is 0 Å². The van der Waals surface area contributed by atoms with E-state index in [4.69, 9.17) is 0 Å². The molecule has 1 rings (SSSR count). The summed E-state index contributed by atoms with van der Waals surface area (Å²) in [5.74, 6) is 0.757. The van der Waals surface area contributed by atoms with Gasteiger partial charge in [-0.05, 0) is 39.4 Å². The molecule has 0 heterocycles. The van der Waals surface area contributed by atoms with Gasteiger partial charge in [0.25, 0.3) is 0 Å². The second kappa shape index (κ2) is 5.86. The SMILES string of the molecule is CC(C)CNCC1(N(C)C)CCCCC1. The van der Waals surface area contributed by atoms with E-state index < -0.39 is 0 Å². The first kappa shape index (κ1) is 13.0. The number of hydrogen-bond donors (Lipinski definition) is 1. The number of nitrogens with zero attached hydrogens (tertiary/aromatic N) is 1. The zero-order valence-corrected chi connectivity index (χ0v) is 11.0. The van der Waals surface area contributed by atoms with Crippen molar-refractivity contribution >= 4 is 0 Å². The summed E-state index contributed by atoms with van der Waals surface area (Å²) in [4.78, 5) is 2.44. The molecule has 1 saturated carbocycles. The first-order valence-electron chi connectivity index (χ1n) is 6.45. The Kier molecular flexibility index (Phi) is 5.07. The van der Waals surface area contributed by atoms with E-state index in [0.29, 0.717) is 5.54 Å². The fourth-order valence-electron chi connectivity index (χ4n) is 2.59. The predicted octanol–water partition coefficient (Wildman–Crippen LogP) is 2.50. The number of nitrogens with one attached hydrogen (secondary N) is 1. The molecule has 0 spiro atoms. The van der Waals surface area contributed by atoms with E-state index in [0.717, 1.165) is 19.0 Å². The minimum Gasteiger partial charge on any atom is -0.315 e. The molecule has 2 nitrogen and oxygen atoms in total. The monoisotopic (exact) mass is 212 g/mol. The molecule has 1 aliphatic carbocycles. The lowest BCUT2D eigenvalue weighted by Gasteiger charge is -2.43. The Morgan fingerprint density at radius 3 is 2.20 bits per heavy atom.